The van der Waals surface area contributed by atoms with Gasteiger partial charge in [0.15, 0.2) is 11.6 Å². The molecule has 3 aliphatic rings. The summed E-state index contributed by atoms with van der Waals surface area (Å²) in [6.07, 6.45) is 4.03. The van der Waals surface area contributed by atoms with Crippen LogP contribution in [0.25, 0.3) is 16.1 Å². The minimum atomic E-state index is -0.875. The van der Waals surface area contributed by atoms with Crippen LogP contribution in [0.15, 0.2) is 54.7 Å². The van der Waals surface area contributed by atoms with Crippen LogP contribution >= 0.6 is 0 Å². The summed E-state index contributed by atoms with van der Waals surface area (Å²) < 4.78 is 27.9. The van der Waals surface area contributed by atoms with Gasteiger partial charge in [-0.3, -0.25) is 24.0 Å². The van der Waals surface area contributed by atoms with Gasteiger partial charge in [-0.1, -0.05) is 64.6 Å². The number of anilines is 2. The average Bonchev–Trinajstić information content (AvgIpc) is 4.18. The molecule has 5 heterocycles. The molecule has 0 spiro atoms. The van der Waals surface area contributed by atoms with E-state index in [-0.39, 0.29) is 112 Å². The molecule has 0 aliphatic carbocycles. The fourth-order valence-corrected chi connectivity index (χ4v) is 10.2. The van der Waals surface area contributed by atoms with Gasteiger partial charge < -0.3 is 60.9 Å². The number of hydrogen-bond donors (Lipinski definition) is 5. The fourth-order valence-electron chi connectivity index (χ4n) is 10.2. The number of aromatic nitrogens is 4. The van der Waals surface area contributed by atoms with Crippen LogP contribution in [-0.4, -0.2) is 162 Å². The van der Waals surface area contributed by atoms with E-state index in [2.05, 4.69) is 31.1 Å². The van der Waals surface area contributed by atoms with Gasteiger partial charge in [0.1, 0.15) is 30.1 Å². The summed E-state index contributed by atoms with van der Waals surface area (Å²) in [5, 5.41) is 17.3. The van der Waals surface area contributed by atoms with Gasteiger partial charge in [0, 0.05) is 45.3 Å². The Morgan fingerprint density at radius 1 is 1.05 bits per heavy atom. The summed E-state index contributed by atoms with van der Waals surface area (Å²) in [5.74, 6) is -1.12. The molecule has 7 rings (SSSR count). The number of carbonyl (C=O) groups excluding carboxylic acids is 5. The van der Waals surface area contributed by atoms with E-state index in [0.717, 1.165) is 12.0 Å². The number of nitrogen functional groups attached to an aromatic ring is 1. The van der Waals surface area contributed by atoms with Crippen molar-refractivity contribution < 1.29 is 37.8 Å². The number of likely N-dealkylation sites (N-methyl/N-ethyl adjacent to an activating group) is 2. The standard InChI is InChI=1S/C55H75FN14O7/c1-10-40(35-15-12-11-13-16-35)63-52(73)44-30-37(32-69(44)54(75)47(55(3,4)5)64-51(72)34(2)58-6)60-21-26-77-28-27-76-25-20-45(71)66(8)23-24-70-49(59-7)46-41-31-61-48(57)50(62-41)68-22-14-17-43(68)39-29-36(56)18-19-38(39)53(74)67(9)33-42(46)65-70/h11-13,15-16,18-19,29,31,34,37,40,43-44,47,58,60H,10,14,17,20-28,30,32-33H2,1-6,8-9H3,(H2,57,61)(H,63,73)(H,64,72)/t34-,37-,40+,43-,44-,47?/m1/s1. The second-order valence-electron chi connectivity index (χ2n) is 21.1. The molecule has 5 amide bonds. The first-order chi connectivity index (χ1) is 36.8. The van der Waals surface area contributed by atoms with Crippen molar-refractivity contribution in [3.05, 3.63) is 94.3 Å². The highest BCUT2D eigenvalue weighted by Crippen LogP contribution is 2.42. The lowest BCUT2D eigenvalue weighted by Crippen LogP contribution is -2.59. The molecule has 2 aromatic heterocycles. The Hall–Kier alpha value is -7.06. The van der Waals surface area contributed by atoms with Crippen molar-refractivity contribution >= 4 is 47.0 Å². The lowest BCUT2D eigenvalue weighted by molar-refractivity contribution is -0.144. The molecule has 6 atom stereocenters. The molecule has 21 nitrogen and oxygen atoms in total. The van der Waals surface area contributed by atoms with Crippen molar-refractivity contribution in [2.75, 3.05) is 84.4 Å². The Morgan fingerprint density at radius 2 is 1.79 bits per heavy atom. The predicted octanol–water partition coefficient (Wildman–Crippen LogP) is 4.39. The second kappa shape index (κ2) is 25.9. The van der Waals surface area contributed by atoms with Crippen molar-refractivity contribution in [3.63, 3.8) is 0 Å². The van der Waals surface area contributed by atoms with E-state index in [1.54, 1.807) is 37.9 Å². The Balaban J connectivity index is 0.896. The maximum Gasteiger partial charge on any atom is 0.262 e. The van der Waals surface area contributed by atoms with Crippen LogP contribution in [0, 0.1) is 17.8 Å². The molecular weight excluding hydrogens is 988 g/mol. The van der Waals surface area contributed by atoms with E-state index in [0.29, 0.717) is 72.9 Å². The number of rotatable bonds is 21. The third-order valence-corrected chi connectivity index (χ3v) is 14.6. The van der Waals surface area contributed by atoms with Gasteiger partial charge in [-0.05, 0) is 74.4 Å². The average molecular weight is 1060 g/mol. The lowest BCUT2D eigenvalue weighted by Gasteiger charge is -2.36. The molecule has 414 valence electrons. The number of benzene rings is 2. The van der Waals surface area contributed by atoms with Crippen molar-refractivity contribution in [3.8, 4) is 11.3 Å². The van der Waals surface area contributed by atoms with Gasteiger partial charge in [-0.25, -0.2) is 14.4 Å². The first-order valence-corrected chi connectivity index (χ1v) is 26.5. The summed E-state index contributed by atoms with van der Waals surface area (Å²) in [7, 11) is 4.98. The molecule has 1 unspecified atom stereocenters. The Kier molecular flexibility index (Phi) is 19.4. The molecule has 3 aliphatic heterocycles. The lowest BCUT2D eigenvalue weighted by atomic mass is 9.85. The molecule has 0 saturated carbocycles. The number of nitrogens with two attached hydrogens (primary N) is 1. The summed E-state index contributed by atoms with van der Waals surface area (Å²) >= 11 is 0. The van der Waals surface area contributed by atoms with Crippen LogP contribution < -0.4 is 31.9 Å². The minimum absolute atomic E-state index is 0.0123. The van der Waals surface area contributed by atoms with E-state index in [1.807, 2.05) is 62.9 Å². The maximum absolute atomic E-state index is 14.7. The van der Waals surface area contributed by atoms with Gasteiger partial charge in [-0.15, -0.1) is 5.10 Å². The molecule has 2 aromatic carbocycles. The number of ether oxygens (including phenoxy) is 2. The highest BCUT2D eigenvalue weighted by Gasteiger charge is 2.45. The molecule has 2 bridgehead atoms. The molecule has 4 aromatic rings. The zero-order chi connectivity index (χ0) is 55.6. The van der Waals surface area contributed by atoms with E-state index >= 15 is 0 Å². The number of likely N-dealkylation sites (tertiary alicyclic amines) is 1. The fraction of sp³-hybridized carbons (Fsp3) is 0.545. The number of amides is 5. The number of hydrogen-bond acceptors (Lipinski definition) is 14. The van der Waals surface area contributed by atoms with E-state index in [4.69, 9.17) is 31.9 Å². The Morgan fingerprint density at radius 3 is 2.49 bits per heavy atom. The molecule has 2 fully saturated rings. The van der Waals surface area contributed by atoms with Crippen LogP contribution in [0.3, 0.4) is 0 Å². The van der Waals surface area contributed by atoms with Crippen LogP contribution in [0.4, 0.5) is 21.8 Å². The van der Waals surface area contributed by atoms with Gasteiger partial charge in [0.05, 0.1) is 81.5 Å². The quantitative estimate of drug-likeness (QED) is 0.0575. The highest BCUT2D eigenvalue weighted by atomic mass is 19.1. The number of fused-ring (bicyclic) bond motifs is 8. The first-order valence-electron chi connectivity index (χ1n) is 26.5. The molecule has 77 heavy (non-hydrogen) atoms. The number of halogens is 1. The normalized spacial score (nSPS) is 18.5. The Labute approximate surface area is 450 Å². The van der Waals surface area contributed by atoms with Crippen molar-refractivity contribution in [1.82, 2.24) is 55.7 Å². The molecular formula is C55H75FN14O7. The van der Waals surface area contributed by atoms with Crippen molar-refractivity contribution in [1.29, 1.82) is 0 Å². The van der Waals surface area contributed by atoms with E-state index in [1.165, 1.54) is 34.0 Å². The van der Waals surface area contributed by atoms with Crippen LogP contribution in [0.1, 0.15) is 106 Å². The number of carbonyl (C=O) groups is 5. The largest absolute Gasteiger partial charge is 0.381 e. The zero-order valence-electron chi connectivity index (χ0n) is 45.6. The summed E-state index contributed by atoms with van der Waals surface area (Å²) in [5.41, 5.74) is 8.81. The highest BCUT2D eigenvalue weighted by molar-refractivity contribution is 5.96. The first kappa shape index (κ1) is 57.6. The molecule has 0 radical (unpaired) electrons. The van der Waals surface area contributed by atoms with Gasteiger partial charge in [0.25, 0.3) is 11.7 Å². The predicted molar refractivity (Wildman–Crippen MR) is 289 cm³/mol. The van der Waals surface area contributed by atoms with Crippen LogP contribution in [0.2, 0.25) is 0 Å². The summed E-state index contributed by atoms with van der Waals surface area (Å²) in [4.78, 5) is 88.7. The molecule has 2 saturated heterocycles. The van der Waals surface area contributed by atoms with Gasteiger partial charge in [0.2, 0.25) is 23.6 Å². The summed E-state index contributed by atoms with van der Waals surface area (Å²) in [6.45, 7) is 20.3. The van der Waals surface area contributed by atoms with Crippen LogP contribution in [0.5, 0.6) is 0 Å². The van der Waals surface area contributed by atoms with Gasteiger partial charge in [-0.2, -0.15) is 4.68 Å². The minimum Gasteiger partial charge on any atom is -0.381 e. The maximum atomic E-state index is 14.7. The monoisotopic (exact) mass is 1060 g/mol. The SMILES string of the molecule is [C-]#[N+]c1c2c(nn1CCN(C)C(=O)CCOCCOCCN[C@@H]1C[C@H](C(=O)N[C@@H](CC)c3ccccc3)N(C(=O)C(NC(=O)[C@@H](C)NC)C(C)(C)C)C1)CN(C)C(=O)c1ccc(F)cc1[C@H]1CCCN1c1nc-2cnc1N. The smallest absolute Gasteiger partial charge is 0.262 e. The number of nitrogens with one attached hydrogen (secondary N) is 4. The molecule has 6 N–H and O–H groups in total. The third kappa shape index (κ3) is 13.7. The second-order valence-corrected chi connectivity index (χ2v) is 21.1. The van der Waals surface area contributed by atoms with E-state index in [9.17, 15) is 28.4 Å². The molecule has 22 heteroatoms. The number of nitrogens with zero attached hydrogens (tertiary/aromatic N) is 9. The summed E-state index contributed by atoms with van der Waals surface area (Å²) in [6, 6.07) is 10.9. The van der Waals surface area contributed by atoms with Gasteiger partial charge >= 0.3 is 0 Å². The van der Waals surface area contributed by atoms with Crippen LogP contribution in [-0.2, 0) is 41.7 Å². The zero-order valence-corrected chi connectivity index (χ0v) is 45.6. The van der Waals surface area contributed by atoms with Crippen molar-refractivity contribution in [2.45, 2.75) is 116 Å². The Bertz CT molecular complexity index is 2780. The van der Waals surface area contributed by atoms with Crippen molar-refractivity contribution in [2.24, 2.45) is 5.41 Å². The third-order valence-electron chi connectivity index (χ3n) is 14.6. The topological polar surface area (TPSA) is 239 Å². The van der Waals surface area contributed by atoms with E-state index < -0.39 is 29.4 Å².